The average molecular weight is 905 g/mol. The Hall–Kier alpha value is -5.46. The zero-order valence-electron chi connectivity index (χ0n) is 33.6. The molecule has 62 heavy (non-hydrogen) atoms. The first-order valence-corrected chi connectivity index (χ1v) is 22.6. The number of anilines is 3. The molecule has 0 saturated carbocycles. The molecule has 0 bridgehead atoms. The molecule has 0 unspecified atom stereocenters. The molecule has 18 heteroatoms. The fourth-order valence-electron chi connectivity index (χ4n) is 7.33. The van der Waals surface area contributed by atoms with Crippen molar-refractivity contribution in [1.82, 2.24) is 19.8 Å². The van der Waals surface area contributed by atoms with Gasteiger partial charge in [-0.1, -0.05) is 66.2 Å². The Kier molecular flexibility index (Phi) is 14.2. The lowest BCUT2D eigenvalue weighted by atomic mass is 9.99. The zero-order valence-corrected chi connectivity index (χ0v) is 36.0. The van der Waals surface area contributed by atoms with Gasteiger partial charge < -0.3 is 10.2 Å². The van der Waals surface area contributed by atoms with Gasteiger partial charge in [0.2, 0.25) is 0 Å². The van der Waals surface area contributed by atoms with Gasteiger partial charge in [-0.15, -0.1) is 11.8 Å². The molecule has 6 aromatic rings. The number of thioether (sulfide) groups is 1. The van der Waals surface area contributed by atoms with E-state index in [1.165, 1.54) is 48.4 Å². The first-order valence-electron chi connectivity index (χ1n) is 19.8. The summed E-state index contributed by atoms with van der Waals surface area (Å²) in [5.74, 6) is 0.388. The molecule has 0 amide bonds. The lowest BCUT2D eigenvalue weighted by molar-refractivity contribution is -0.384. The van der Waals surface area contributed by atoms with Crippen molar-refractivity contribution < 1.29 is 26.5 Å². The highest BCUT2D eigenvalue weighted by atomic mass is 35.5. The predicted octanol–water partition coefficient (Wildman–Crippen LogP) is 9.44. The van der Waals surface area contributed by atoms with E-state index in [0.717, 1.165) is 59.8 Å². The van der Waals surface area contributed by atoms with E-state index < -0.39 is 39.4 Å². The quantitative estimate of drug-likeness (QED) is 0.0515. The Labute approximate surface area is 367 Å². The highest BCUT2D eigenvalue weighted by Crippen LogP contribution is 2.33. The standard InChI is InChI=1S/C44H44ClF3N8O4S2/c1-53(29-44(46,47)48)20-19-34(28-61-36-8-3-2-4-9-36)51-40-18-16-37(26-42(40)56(57)58)62(59,60)52-43-39-17-15-35(25-41(39)49-30-50-43)55-23-21-54(22-24-55)27-32-7-5-6-10-38(32)31-11-13-33(45)14-12-31/h2-18,25-26,30,34,51H,19-24,27-29H2,1H3,(H,49,50,52)/t34-/m1/s1. The third kappa shape index (κ3) is 11.7. The molecule has 0 aliphatic carbocycles. The van der Waals surface area contributed by atoms with Crippen LogP contribution in [0.25, 0.3) is 22.0 Å². The molecular weight excluding hydrogens is 861 g/mol. The summed E-state index contributed by atoms with van der Waals surface area (Å²) in [5, 5.41) is 16.6. The van der Waals surface area contributed by atoms with Crippen LogP contribution in [0.5, 0.6) is 0 Å². The molecule has 1 aliphatic heterocycles. The van der Waals surface area contributed by atoms with Gasteiger partial charge in [0.05, 0.1) is 21.9 Å². The van der Waals surface area contributed by atoms with E-state index in [9.17, 15) is 31.7 Å². The van der Waals surface area contributed by atoms with Gasteiger partial charge in [-0.25, -0.2) is 18.4 Å². The van der Waals surface area contributed by atoms with Crippen molar-refractivity contribution in [2.45, 2.75) is 35.0 Å². The molecule has 12 nitrogen and oxygen atoms in total. The summed E-state index contributed by atoms with van der Waals surface area (Å²) in [6.45, 7) is 2.95. The third-order valence-electron chi connectivity index (χ3n) is 10.5. The summed E-state index contributed by atoms with van der Waals surface area (Å²) >= 11 is 7.58. The van der Waals surface area contributed by atoms with Crippen LogP contribution >= 0.6 is 23.4 Å². The number of aromatic nitrogens is 2. The van der Waals surface area contributed by atoms with Gasteiger partial charge in [-0.2, -0.15) is 13.2 Å². The van der Waals surface area contributed by atoms with Crippen LogP contribution in [0.2, 0.25) is 5.02 Å². The van der Waals surface area contributed by atoms with Gasteiger partial charge in [0, 0.05) is 78.1 Å². The zero-order chi connectivity index (χ0) is 43.9. The van der Waals surface area contributed by atoms with E-state index >= 15 is 0 Å². The Bertz CT molecular complexity index is 2600. The summed E-state index contributed by atoms with van der Waals surface area (Å²) in [4.78, 5) is 26.6. The van der Waals surface area contributed by atoms with Crippen LogP contribution < -0.4 is 14.9 Å². The summed E-state index contributed by atoms with van der Waals surface area (Å²) in [7, 11) is -3.03. The fraction of sp³-hybridized carbons (Fsp3) is 0.273. The predicted molar refractivity (Wildman–Crippen MR) is 241 cm³/mol. The number of benzene rings is 5. The molecule has 324 valence electrons. The van der Waals surface area contributed by atoms with Gasteiger partial charge >= 0.3 is 6.18 Å². The maximum atomic E-state index is 13.8. The second kappa shape index (κ2) is 19.7. The highest BCUT2D eigenvalue weighted by Gasteiger charge is 2.30. The number of hydrogen-bond acceptors (Lipinski definition) is 11. The molecule has 1 fully saturated rings. The SMILES string of the molecule is CN(CC[C@H](CSc1ccccc1)Nc1ccc(S(=O)(=O)Nc2ncnc3cc(N4CCN(Cc5ccccc5-c5ccc(Cl)cc5)CC4)ccc23)cc1[N+](=O)[O-])CC(F)(F)F. The minimum Gasteiger partial charge on any atom is -0.376 e. The van der Waals surface area contributed by atoms with Crippen LogP contribution in [0.3, 0.4) is 0 Å². The Balaban J connectivity index is 1.02. The molecule has 1 saturated heterocycles. The van der Waals surface area contributed by atoms with Crippen LogP contribution in [0.15, 0.2) is 131 Å². The number of hydrogen-bond donors (Lipinski definition) is 2. The largest absolute Gasteiger partial charge is 0.401 e. The number of piperazine rings is 1. The first-order chi connectivity index (χ1) is 29.7. The number of rotatable bonds is 17. The lowest BCUT2D eigenvalue weighted by Crippen LogP contribution is -2.46. The highest BCUT2D eigenvalue weighted by molar-refractivity contribution is 7.99. The Morgan fingerprint density at radius 2 is 1.65 bits per heavy atom. The Morgan fingerprint density at radius 3 is 2.37 bits per heavy atom. The van der Waals surface area contributed by atoms with E-state index in [1.807, 2.05) is 72.8 Å². The summed E-state index contributed by atoms with van der Waals surface area (Å²) < 4.78 is 69.1. The second-order valence-corrected chi connectivity index (χ2v) is 18.2. The average Bonchev–Trinajstić information content (AvgIpc) is 3.25. The molecule has 1 aliphatic rings. The van der Waals surface area contributed by atoms with Crippen molar-refractivity contribution in [2.24, 2.45) is 0 Å². The number of fused-ring (bicyclic) bond motifs is 1. The topological polar surface area (TPSA) is 137 Å². The van der Waals surface area contributed by atoms with Crippen LogP contribution in [0.4, 0.5) is 36.1 Å². The maximum absolute atomic E-state index is 13.8. The minimum absolute atomic E-state index is 0.0107. The van der Waals surface area contributed by atoms with Crippen molar-refractivity contribution in [3.63, 3.8) is 0 Å². The van der Waals surface area contributed by atoms with Crippen molar-refractivity contribution in [1.29, 1.82) is 0 Å². The van der Waals surface area contributed by atoms with Gasteiger partial charge in [0.25, 0.3) is 15.7 Å². The summed E-state index contributed by atoms with van der Waals surface area (Å²) in [5.41, 5.74) is 4.49. The minimum atomic E-state index is -4.39. The van der Waals surface area contributed by atoms with Crippen LogP contribution in [-0.2, 0) is 16.6 Å². The number of nitrogens with zero attached hydrogens (tertiary/aromatic N) is 6. The normalized spacial score (nSPS) is 14.3. The van der Waals surface area contributed by atoms with E-state index in [4.69, 9.17) is 11.6 Å². The first kappa shape index (κ1) is 44.6. The lowest BCUT2D eigenvalue weighted by Gasteiger charge is -2.36. The third-order valence-corrected chi connectivity index (χ3v) is 13.3. The van der Waals surface area contributed by atoms with Crippen molar-refractivity contribution in [2.75, 3.05) is 67.0 Å². The number of nitro benzene ring substituents is 1. The van der Waals surface area contributed by atoms with Crippen LogP contribution in [0, 0.1) is 10.1 Å². The fourth-order valence-corrected chi connectivity index (χ4v) is 9.50. The molecule has 2 heterocycles. The van der Waals surface area contributed by atoms with Crippen LogP contribution in [-0.4, -0.2) is 97.4 Å². The van der Waals surface area contributed by atoms with Crippen molar-refractivity contribution in [3.05, 3.63) is 142 Å². The van der Waals surface area contributed by atoms with E-state index in [2.05, 4.69) is 48.0 Å². The molecule has 1 atom stereocenters. The summed E-state index contributed by atoms with van der Waals surface area (Å²) in [6, 6.07) is 34.1. The van der Waals surface area contributed by atoms with Crippen molar-refractivity contribution in [3.8, 4) is 11.1 Å². The number of nitrogens with one attached hydrogen (secondary N) is 2. The molecule has 2 N–H and O–H groups in total. The number of sulfonamides is 1. The van der Waals surface area contributed by atoms with Gasteiger partial charge in [-0.3, -0.25) is 24.6 Å². The van der Waals surface area contributed by atoms with Gasteiger partial charge in [-0.05, 0) is 84.8 Å². The number of halogens is 4. The molecule has 0 spiro atoms. The Morgan fingerprint density at radius 1 is 0.919 bits per heavy atom. The molecule has 7 rings (SSSR count). The van der Waals surface area contributed by atoms with E-state index in [1.54, 1.807) is 6.07 Å². The van der Waals surface area contributed by atoms with Crippen LogP contribution in [0.1, 0.15) is 12.0 Å². The van der Waals surface area contributed by atoms with Crippen molar-refractivity contribution >= 4 is 67.2 Å². The molecular formula is C44H44ClF3N8O4S2. The van der Waals surface area contributed by atoms with E-state index in [-0.39, 0.29) is 29.4 Å². The maximum Gasteiger partial charge on any atom is 0.401 e. The van der Waals surface area contributed by atoms with E-state index in [0.29, 0.717) is 21.7 Å². The number of alkyl halides is 3. The second-order valence-electron chi connectivity index (χ2n) is 15.0. The molecule has 5 aromatic carbocycles. The smallest absolute Gasteiger partial charge is 0.376 e. The number of nitro groups is 1. The van der Waals surface area contributed by atoms with Gasteiger partial charge in [0.15, 0.2) is 5.82 Å². The van der Waals surface area contributed by atoms with Gasteiger partial charge in [0.1, 0.15) is 12.0 Å². The molecule has 1 aromatic heterocycles. The monoisotopic (exact) mass is 904 g/mol. The summed E-state index contributed by atoms with van der Waals surface area (Å²) in [6.07, 6.45) is -2.89. The molecule has 0 radical (unpaired) electrons.